The number of aromatic nitrogens is 2. The fraction of sp³-hybridized carbons (Fsp3) is 0.214. The van der Waals surface area contributed by atoms with Crippen LogP contribution in [0, 0.1) is 6.92 Å². The highest BCUT2D eigenvalue weighted by Gasteiger charge is 2.19. The Bertz CT molecular complexity index is 800. The predicted molar refractivity (Wildman–Crippen MR) is 80.3 cm³/mol. The number of hydrogen-bond donors (Lipinski definition) is 4. The second kappa shape index (κ2) is 5.40. The van der Waals surface area contributed by atoms with Crippen molar-refractivity contribution in [2.45, 2.75) is 6.92 Å². The molecule has 4 N–H and O–H groups in total. The molecule has 0 aromatic carbocycles. The average Bonchev–Trinajstić information content (AvgIpc) is 2.50. The van der Waals surface area contributed by atoms with Gasteiger partial charge in [-0.3, -0.25) is 4.79 Å². The van der Waals surface area contributed by atoms with E-state index in [0.717, 1.165) is 11.3 Å². The molecule has 3 heterocycles. The summed E-state index contributed by atoms with van der Waals surface area (Å²) in [4.78, 5) is 29.4. The molecule has 1 aliphatic heterocycles. The Kier molecular flexibility index (Phi) is 3.42. The minimum atomic E-state index is -1.30. The molecule has 0 amide bonds. The molecule has 0 atom stereocenters. The van der Waals surface area contributed by atoms with E-state index in [1.54, 1.807) is 6.20 Å². The Morgan fingerprint density at radius 2 is 2.27 bits per heavy atom. The first-order chi connectivity index (χ1) is 10.6. The molecule has 22 heavy (non-hydrogen) atoms. The molecular weight excluding hydrogens is 288 g/mol. The van der Waals surface area contributed by atoms with Gasteiger partial charge in [-0.2, -0.15) is 0 Å². The number of fused-ring (bicyclic) bond motifs is 1. The van der Waals surface area contributed by atoms with Gasteiger partial charge in [0.05, 0.1) is 17.6 Å². The smallest absolute Gasteiger partial charge is 0.343 e. The van der Waals surface area contributed by atoms with E-state index in [2.05, 4.69) is 20.6 Å². The Labute approximate surface area is 125 Å². The number of nitrogens with one attached hydrogen (secondary N) is 3. The van der Waals surface area contributed by atoms with Crippen LogP contribution < -0.4 is 20.9 Å². The Morgan fingerprint density at radius 1 is 1.45 bits per heavy atom. The number of carboxylic acids is 1. The van der Waals surface area contributed by atoms with Crippen molar-refractivity contribution >= 4 is 23.0 Å². The number of nitrogens with zero attached hydrogens (tertiary/aromatic N) is 1. The van der Waals surface area contributed by atoms with Crippen molar-refractivity contribution in [3.63, 3.8) is 0 Å². The van der Waals surface area contributed by atoms with Gasteiger partial charge in [0.2, 0.25) is 5.88 Å². The molecule has 1 aliphatic rings. The van der Waals surface area contributed by atoms with Crippen LogP contribution in [-0.2, 0) is 0 Å². The normalized spacial score (nSPS) is 12.8. The minimum absolute atomic E-state index is 0.206. The van der Waals surface area contributed by atoms with Crippen LogP contribution in [0.3, 0.4) is 0 Å². The quantitative estimate of drug-likeness (QED) is 0.675. The SMILES string of the molecule is Cc1c(Nc2cc[nH]c(=O)c2C(=O)O)cnc2c1NCCO2. The predicted octanol–water partition coefficient (Wildman–Crippen LogP) is 1.32. The van der Waals surface area contributed by atoms with Gasteiger partial charge in [-0.1, -0.05) is 0 Å². The molecule has 2 aromatic rings. The first-order valence-electron chi connectivity index (χ1n) is 6.66. The molecule has 0 bridgehead atoms. The molecule has 114 valence electrons. The molecule has 3 rings (SSSR count). The van der Waals surface area contributed by atoms with E-state index in [4.69, 9.17) is 4.74 Å². The summed E-state index contributed by atoms with van der Waals surface area (Å²) in [6, 6.07) is 1.49. The lowest BCUT2D eigenvalue weighted by Gasteiger charge is -2.22. The number of rotatable bonds is 3. The first-order valence-corrected chi connectivity index (χ1v) is 6.66. The van der Waals surface area contributed by atoms with Crippen molar-refractivity contribution in [2.75, 3.05) is 23.8 Å². The molecular formula is C14H14N4O4. The van der Waals surface area contributed by atoms with E-state index in [9.17, 15) is 14.7 Å². The third-order valence-corrected chi connectivity index (χ3v) is 3.39. The Balaban J connectivity index is 2.03. The molecule has 0 fully saturated rings. The summed E-state index contributed by atoms with van der Waals surface area (Å²) in [5.74, 6) is -0.784. The monoisotopic (exact) mass is 302 g/mol. The zero-order chi connectivity index (χ0) is 15.7. The van der Waals surface area contributed by atoms with Crippen molar-refractivity contribution in [1.29, 1.82) is 0 Å². The lowest BCUT2D eigenvalue weighted by Crippen LogP contribution is -2.21. The van der Waals surface area contributed by atoms with Crippen LogP contribution in [0.5, 0.6) is 5.88 Å². The number of aromatic amines is 1. The van der Waals surface area contributed by atoms with Crippen molar-refractivity contribution in [3.8, 4) is 5.88 Å². The molecule has 8 nitrogen and oxygen atoms in total. The van der Waals surface area contributed by atoms with Gasteiger partial charge in [0.25, 0.3) is 5.56 Å². The van der Waals surface area contributed by atoms with Crippen molar-refractivity contribution < 1.29 is 14.6 Å². The summed E-state index contributed by atoms with van der Waals surface area (Å²) in [6.07, 6.45) is 2.94. The van der Waals surface area contributed by atoms with E-state index < -0.39 is 11.5 Å². The highest BCUT2D eigenvalue weighted by molar-refractivity contribution is 5.95. The number of hydrogen-bond acceptors (Lipinski definition) is 6. The molecule has 0 saturated heterocycles. The summed E-state index contributed by atoms with van der Waals surface area (Å²) in [5, 5.41) is 15.3. The number of carbonyl (C=O) groups is 1. The van der Waals surface area contributed by atoms with E-state index >= 15 is 0 Å². The van der Waals surface area contributed by atoms with Crippen LogP contribution in [-0.4, -0.2) is 34.2 Å². The summed E-state index contributed by atoms with van der Waals surface area (Å²) in [7, 11) is 0. The third-order valence-electron chi connectivity index (χ3n) is 3.39. The number of ether oxygens (including phenoxy) is 1. The maximum Gasteiger partial charge on any atom is 0.343 e. The van der Waals surface area contributed by atoms with Crippen LogP contribution in [0.2, 0.25) is 0 Å². The molecule has 0 aliphatic carbocycles. The van der Waals surface area contributed by atoms with Gasteiger partial charge in [-0.25, -0.2) is 9.78 Å². The van der Waals surface area contributed by atoms with Crippen molar-refractivity contribution in [2.24, 2.45) is 0 Å². The summed E-state index contributed by atoms with van der Waals surface area (Å²) in [6.45, 7) is 3.08. The van der Waals surface area contributed by atoms with Crippen molar-refractivity contribution in [3.05, 3.63) is 39.9 Å². The second-order valence-corrected chi connectivity index (χ2v) is 4.78. The average molecular weight is 302 g/mol. The number of pyridine rings is 2. The van der Waals surface area contributed by atoms with E-state index in [1.807, 2.05) is 6.92 Å². The summed E-state index contributed by atoms with van der Waals surface area (Å²) < 4.78 is 5.44. The topological polar surface area (TPSA) is 116 Å². The number of anilines is 3. The van der Waals surface area contributed by atoms with Gasteiger partial charge in [0.15, 0.2) is 0 Å². The molecule has 0 spiro atoms. The van der Waals surface area contributed by atoms with Crippen LogP contribution >= 0.6 is 0 Å². The zero-order valence-corrected chi connectivity index (χ0v) is 11.8. The Morgan fingerprint density at radius 3 is 3.05 bits per heavy atom. The summed E-state index contributed by atoms with van der Waals surface area (Å²) in [5.41, 5.74) is 1.40. The van der Waals surface area contributed by atoms with Crippen LogP contribution in [0.4, 0.5) is 17.1 Å². The van der Waals surface area contributed by atoms with E-state index in [0.29, 0.717) is 24.7 Å². The number of carboxylic acid groups (broad SMARTS) is 1. The molecule has 2 aromatic heterocycles. The Hall–Kier alpha value is -3.03. The molecule has 0 saturated carbocycles. The van der Waals surface area contributed by atoms with E-state index in [-0.39, 0.29) is 11.3 Å². The van der Waals surface area contributed by atoms with Crippen LogP contribution in [0.1, 0.15) is 15.9 Å². The lowest BCUT2D eigenvalue weighted by atomic mass is 10.1. The number of aromatic carboxylic acids is 1. The number of H-pyrrole nitrogens is 1. The van der Waals surface area contributed by atoms with Gasteiger partial charge in [0, 0.05) is 18.3 Å². The first kappa shape index (κ1) is 13.9. The third kappa shape index (κ3) is 2.34. The van der Waals surface area contributed by atoms with Gasteiger partial charge in [-0.05, 0) is 13.0 Å². The van der Waals surface area contributed by atoms with Gasteiger partial charge < -0.3 is 25.5 Å². The van der Waals surface area contributed by atoms with Crippen LogP contribution in [0.25, 0.3) is 0 Å². The van der Waals surface area contributed by atoms with Gasteiger partial charge in [-0.15, -0.1) is 0 Å². The van der Waals surface area contributed by atoms with Gasteiger partial charge >= 0.3 is 5.97 Å². The fourth-order valence-electron chi connectivity index (χ4n) is 2.29. The molecule has 0 radical (unpaired) electrons. The zero-order valence-electron chi connectivity index (χ0n) is 11.8. The van der Waals surface area contributed by atoms with Gasteiger partial charge in [0.1, 0.15) is 17.9 Å². The highest BCUT2D eigenvalue weighted by atomic mass is 16.5. The fourth-order valence-corrected chi connectivity index (χ4v) is 2.29. The van der Waals surface area contributed by atoms with E-state index in [1.165, 1.54) is 12.3 Å². The molecule has 0 unspecified atom stereocenters. The minimum Gasteiger partial charge on any atom is -0.477 e. The molecule has 8 heteroatoms. The lowest BCUT2D eigenvalue weighted by molar-refractivity contribution is 0.0696. The summed E-state index contributed by atoms with van der Waals surface area (Å²) >= 11 is 0. The highest BCUT2D eigenvalue weighted by Crippen LogP contribution is 2.34. The standard InChI is InChI=1S/C14H14N4O4/c1-7-9(6-17-13-11(7)15-4-5-22-13)18-8-2-3-16-12(19)10(8)14(20)21/h2-3,6,15H,4-5H2,1H3,(H,20,21)(H2,16,18,19). The largest absolute Gasteiger partial charge is 0.477 e. The maximum absolute atomic E-state index is 11.7. The maximum atomic E-state index is 11.7. The van der Waals surface area contributed by atoms with Crippen LogP contribution in [0.15, 0.2) is 23.3 Å². The second-order valence-electron chi connectivity index (χ2n) is 4.78. The van der Waals surface area contributed by atoms with Crippen molar-refractivity contribution in [1.82, 2.24) is 9.97 Å².